The molecular weight excluding hydrogens is 406 g/mol. The molecule has 1 saturated carbocycles. The van der Waals surface area contributed by atoms with Crippen LogP contribution in [0.25, 0.3) is 5.70 Å². The van der Waals surface area contributed by atoms with Crippen LogP contribution in [0.5, 0.6) is 11.5 Å². The van der Waals surface area contributed by atoms with Crippen molar-refractivity contribution in [1.82, 2.24) is 21.0 Å². The summed E-state index contributed by atoms with van der Waals surface area (Å²) < 4.78 is 35.4. The third-order valence-corrected chi connectivity index (χ3v) is 6.34. The first-order valence-electron chi connectivity index (χ1n) is 10.5. The zero-order chi connectivity index (χ0) is 21.0. The molecular formula is C21H22F2N6O2. The van der Waals surface area contributed by atoms with E-state index in [0.717, 1.165) is 55.0 Å². The number of ether oxygens (including phenoxy) is 2. The van der Waals surface area contributed by atoms with Gasteiger partial charge in [0.2, 0.25) is 0 Å². The second kappa shape index (κ2) is 6.88. The molecule has 4 N–H and O–H groups in total. The topological polar surface area (TPSA) is 85.9 Å². The number of aliphatic imine (C=N–C) groups is 1. The number of H-pyrrole nitrogens is 1. The minimum absolute atomic E-state index is 0.0654. The second-order valence-electron chi connectivity index (χ2n) is 8.28. The maximum absolute atomic E-state index is 13.2. The number of anilines is 1. The minimum Gasteiger partial charge on any atom is -0.395 e. The van der Waals surface area contributed by atoms with Gasteiger partial charge in [-0.15, -0.1) is 14.3 Å². The van der Waals surface area contributed by atoms with Crippen LogP contribution in [0.2, 0.25) is 0 Å². The van der Waals surface area contributed by atoms with E-state index in [0.29, 0.717) is 11.8 Å². The summed E-state index contributed by atoms with van der Waals surface area (Å²) in [5.41, 5.74) is 10.7. The van der Waals surface area contributed by atoms with Gasteiger partial charge in [-0.3, -0.25) is 0 Å². The van der Waals surface area contributed by atoms with Gasteiger partial charge in [0.25, 0.3) is 0 Å². The van der Waals surface area contributed by atoms with Crippen LogP contribution < -0.4 is 25.8 Å². The molecule has 1 aromatic carbocycles. The normalized spacial score (nSPS) is 25.3. The summed E-state index contributed by atoms with van der Waals surface area (Å²) in [6.07, 6.45) is 4.45. The summed E-state index contributed by atoms with van der Waals surface area (Å²) in [7, 11) is 0. The molecule has 0 saturated heterocycles. The SMILES string of the molecule is FC1(F)Oc2ccc(NC[C@H]3CC[C@H](C4=C5c6cc[nH]c6N=CN5NN4)CC3)cc2O1. The van der Waals surface area contributed by atoms with Crippen LogP contribution in [0.4, 0.5) is 20.3 Å². The number of halogens is 2. The van der Waals surface area contributed by atoms with Gasteiger partial charge >= 0.3 is 6.29 Å². The fraction of sp³-hybridized carbons (Fsp3) is 0.381. The van der Waals surface area contributed by atoms with Crippen LogP contribution in [-0.4, -0.2) is 29.2 Å². The van der Waals surface area contributed by atoms with E-state index in [2.05, 4.69) is 41.8 Å². The zero-order valence-electron chi connectivity index (χ0n) is 16.6. The van der Waals surface area contributed by atoms with Gasteiger partial charge in [-0.25, -0.2) is 10.0 Å². The molecule has 1 fully saturated rings. The summed E-state index contributed by atoms with van der Waals surface area (Å²) in [4.78, 5) is 7.58. The van der Waals surface area contributed by atoms with Gasteiger partial charge in [0.1, 0.15) is 12.2 Å². The molecule has 0 bridgehead atoms. The number of fused-ring (bicyclic) bond motifs is 4. The van der Waals surface area contributed by atoms with E-state index < -0.39 is 6.29 Å². The third-order valence-electron chi connectivity index (χ3n) is 6.34. The molecule has 4 heterocycles. The van der Waals surface area contributed by atoms with Crippen molar-refractivity contribution in [2.45, 2.75) is 32.0 Å². The highest BCUT2D eigenvalue weighted by Gasteiger charge is 2.43. The van der Waals surface area contributed by atoms with Gasteiger partial charge in [-0.2, -0.15) is 0 Å². The highest BCUT2D eigenvalue weighted by atomic mass is 19.3. The van der Waals surface area contributed by atoms with E-state index in [-0.39, 0.29) is 11.5 Å². The van der Waals surface area contributed by atoms with Gasteiger partial charge in [0, 0.05) is 36.0 Å². The second-order valence-corrected chi connectivity index (χ2v) is 8.28. The Kier molecular flexibility index (Phi) is 4.10. The summed E-state index contributed by atoms with van der Waals surface area (Å²) in [6, 6.07) is 6.87. The maximum Gasteiger partial charge on any atom is 0.586 e. The highest BCUT2D eigenvalue weighted by molar-refractivity contribution is 5.87. The van der Waals surface area contributed by atoms with E-state index >= 15 is 0 Å². The number of nitrogens with one attached hydrogen (secondary N) is 4. The molecule has 0 unspecified atom stereocenters. The number of alkyl halides is 2. The Bertz CT molecular complexity index is 1070. The average Bonchev–Trinajstić information content (AvgIpc) is 3.46. The predicted molar refractivity (Wildman–Crippen MR) is 111 cm³/mol. The molecule has 8 nitrogen and oxygen atoms in total. The number of hydrogen-bond donors (Lipinski definition) is 4. The lowest BCUT2D eigenvalue weighted by Gasteiger charge is -2.30. The first kappa shape index (κ1) is 18.5. The van der Waals surface area contributed by atoms with Crippen LogP contribution in [0, 0.1) is 11.8 Å². The highest BCUT2D eigenvalue weighted by Crippen LogP contribution is 2.43. The quantitative estimate of drug-likeness (QED) is 0.591. The fourth-order valence-electron chi connectivity index (χ4n) is 4.77. The van der Waals surface area contributed by atoms with Crippen molar-refractivity contribution in [3.63, 3.8) is 0 Å². The van der Waals surface area contributed by atoms with Crippen LogP contribution in [0.1, 0.15) is 31.2 Å². The number of hydrogen-bond acceptors (Lipinski definition) is 7. The summed E-state index contributed by atoms with van der Waals surface area (Å²) in [6.45, 7) is 0.793. The Morgan fingerprint density at radius 2 is 1.97 bits per heavy atom. The van der Waals surface area contributed by atoms with Gasteiger partial charge in [0.05, 0.1) is 11.4 Å². The van der Waals surface area contributed by atoms with Crippen LogP contribution in [0.15, 0.2) is 41.2 Å². The molecule has 31 heavy (non-hydrogen) atoms. The molecule has 2 aromatic rings. The molecule has 1 aromatic heterocycles. The van der Waals surface area contributed by atoms with Crippen molar-refractivity contribution in [3.8, 4) is 11.5 Å². The van der Waals surface area contributed by atoms with Gasteiger partial charge in [-0.05, 0) is 49.8 Å². The van der Waals surface area contributed by atoms with Crippen LogP contribution >= 0.6 is 0 Å². The van der Waals surface area contributed by atoms with E-state index in [9.17, 15) is 8.78 Å². The van der Waals surface area contributed by atoms with Gasteiger partial charge < -0.3 is 25.2 Å². The number of aromatic amines is 1. The molecule has 3 aliphatic heterocycles. The Labute approximate surface area is 177 Å². The lowest BCUT2D eigenvalue weighted by atomic mass is 9.79. The molecule has 0 amide bonds. The first-order valence-corrected chi connectivity index (χ1v) is 10.5. The molecule has 0 spiro atoms. The van der Waals surface area contributed by atoms with E-state index in [1.807, 2.05) is 11.2 Å². The van der Waals surface area contributed by atoms with Crippen LogP contribution in [-0.2, 0) is 0 Å². The van der Waals surface area contributed by atoms with Crippen molar-refractivity contribution < 1.29 is 18.3 Å². The number of nitrogens with zero attached hydrogens (tertiary/aromatic N) is 2. The molecule has 0 radical (unpaired) electrons. The Morgan fingerprint density at radius 3 is 2.84 bits per heavy atom. The Morgan fingerprint density at radius 1 is 1.13 bits per heavy atom. The van der Waals surface area contributed by atoms with Gasteiger partial charge in [-0.1, -0.05) is 0 Å². The Hall–Kier alpha value is -3.27. The minimum atomic E-state index is -3.58. The zero-order valence-corrected chi connectivity index (χ0v) is 16.6. The van der Waals surface area contributed by atoms with Crippen molar-refractivity contribution in [2.24, 2.45) is 16.8 Å². The number of allylic oxidation sites excluding steroid dienone is 1. The lowest BCUT2D eigenvalue weighted by molar-refractivity contribution is -0.286. The standard InChI is InChI=1S/C21H22F2N6O2/c22-21(23)30-16-6-5-14(9-17(16)31-21)25-10-12-1-3-13(4-2-12)18-19-15-7-8-24-20(15)26-11-29(19)28-27-18/h5-9,11-13,24-25,27-28H,1-4,10H2/t12-,13-. The molecule has 4 aliphatic rings. The molecule has 1 aliphatic carbocycles. The number of aromatic nitrogens is 1. The number of benzene rings is 1. The first-order chi connectivity index (χ1) is 15.1. The van der Waals surface area contributed by atoms with Crippen LogP contribution in [0.3, 0.4) is 0 Å². The Balaban J connectivity index is 1.08. The van der Waals surface area contributed by atoms with Crippen molar-refractivity contribution in [1.29, 1.82) is 0 Å². The molecule has 162 valence electrons. The largest absolute Gasteiger partial charge is 0.586 e. The van der Waals surface area contributed by atoms with E-state index in [4.69, 9.17) is 0 Å². The predicted octanol–water partition coefficient (Wildman–Crippen LogP) is 3.92. The number of rotatable bonds is 4. The van der Waals surface area contributed by atoms with Crippen molar-refractivity contribution in [2.75, 3.05) is 11.9 Å². The molecule has 6 rings (SSSR count). The van der Waals surface area contributed by atoms with E-state index in [1.54, 1.807) is 18.5 Å². The fourth-order valence-corrected chi connectivity index (χ4v) is 4.77. The maximum atomic E-state index is 13.2. The monoisotopic (exact) mass is 428 g/mol. The molecule has 0 atom stereocenters. The third kappa shape index (κ3) is 3.27. The summed E-state index contributed by atoms with van der Waals surface area (Å²) >= 11 is 0. The average molecular weight is 428 g/mol. The lowest BCUT2D eigenvalue weighted by Crippen LogP contribution is -2.38. The van der Waals surface area contributed by atoms with E-state index in [1.165, 1.54) is 11.8 Å². The molecule has 10 heteroatoms. The van der Waals surface area contributed by atoms with Gasteiger partial charge in [0.15, 0.2) is 11.5 Å². The smallest absolute Gasteiger partial charge is 0.395 e. The van der Waals surface area contributed by atoms with Crippen molar-refractivity contribution in [3.05, 3.63) is 41.7 Å². The number of hydrazine groups is 2. The summed E-state index contributed by atoms with van der Waals surface area (Å²) in [5, 5.41) is 5.29. The summed E-state index contributed by atoms with van der Waals surface area (Å²) in [5.74, 6) is 1.99. The van der Waals surface area contributed by atoms with Crippen molar-refractivity contribution >= 4 is 23.5 Å².